The minimum Gasteiger partial charge on any atom is -0.397 e. The van der Waals surface area contributed by atoms with Crippen LogP contribution in [0.1, 0.15) is 27.2 Å². The topological polar surface area (TPSA) is 29.3 Å². The fourth-order valence-electron chi connectivity index (χ4n) is 1.39. The Morgan fingerprint density at radius 1 is 1.40 bits per heavy atom. The van der Waals surface area contributed by atoms with E-state index in [4.69, 9.17) is 17.3 Å². The van der Waals surface area contributed by atoms with Gasteiger partial charge in [0.1, 0.15) is 0 Å². The standard InChI is InChI=1S/C12H19ClN2/c1-5-12(2,3)15(4)11-7-6-9(13)8-10(11)14/h6-8H,5,14H2,1-4H3. The zero-order chi connectivity index (χ0) is 11.6. The van der Waals surface area contributed by atoms with E-state index in [0.29, 0.717) is 5.02 Å². The van der Waals surface area contributed by atoms with Crippen molar-refractivity contribution < 1.29 is 0 Å². The molecule has 15 heavy (non-hydrogen) atoms. The molecule has 0 spiro atoms. The molecule has 0 heterocycles. The highest BCUT2D eigenvalue weighted by Crippen LogP contribution is 2.31. The SMILES string of the molecule is CCC(C)(C)N(C)c1ccc(Cl)cc1N. The summed E-state index contributed by atoms with van der Waals surface area (Å²) in [5.41, 5.74) is 7.81. The van der Waals surface area contributed by atoms with Gasteiger partial charge in [-0.2, -0.15) is 0 Å². The summed E-state index contributed by atoms with van der Waals surface area (Å²) in [6, 6.07) is 5.63. The molecular formula is C12H19ClN2. The molecule has 0 aliphatic rings. The van der Waals surface area contributed by atoms with Gasteiger partial charge in [0.25, 0.3) is 0 Å². The van der Waals surface area contributed by atoms with Crippen LogP contribution in [-0.2, 0) is 0 Å². The first kappa shape index (κ1) is 12.2. The normalized spacial score (nSPS) is 11.5. The Bertz CT molecular complexity index is 347. The average molecular weight is 227 g/mol. The largest absolute Gasteiger partial charge is 0.397 e. The van der Waals surface area contributed by atoms with Gasteiger partial charge in [0.2, 0.25) is 0 Å². The van der Waals surface area contributed by atoms with E-state index in [-0.39, 0.29) is 5.54 Å². The van der Waals surface area contributed by atoms with Gasteiger partial charge in [-0.15, -0.1) is 0 Å². The smallest absolute Gasteiger partial charge is 0.0602 e. The van der Waals surface area contributed by atoms with Crippen LogP contribution in [0.5, 0.6) is 0 Å². The van der Waals surface area contributed by atoms with Gasteiger partial charge in [-0.1, -0.05) is 18.5 Å². The van der Waals surface area contributed by atoms with Crippen molar-refractivity contribution in [3.8, 4) is 0 Å². The average Bonchev–Trinajstić information content (AvgIpc) is 2.17. The second-order valence-electron chi connectivity index (χ2n) is 4.43. The summed E-state index contributed by atoms with van der Waals surface area (Å²) in [6.45, 7) is 6.56. The van der Waals surface area contributed by atoms with E-state index in [2.05, 4.69) is 32.7 Å². The number of halogens is 1. The number of rotatable bonds is 3. The lowest BCUT2D eigenvalue weighted by Crippen LogP contribution is -2.40. The first-order chi connectivity index (χ1) is 6.88. The molecule has 3 heteroatoms. The van der Waals surface area contributed by atoms with Gasteiger partial charge < -0.3 is 10.6 Å². The van der Waals surface area contributed by atoms with Gasteiger partial charge in [0.05, 0.1) is 11.4 Å². The fourth-order valence-corrected chi connectivity index (χ4v) is 1.57. The second kappa shape index (κ2) is 4.31. The number of nitrogens with two attached hydrogens (primary N) is 1. The molecule has 1 aromatic rings. The Hall–Kier alpha value is -0.890. The van der Waals surface area contributed by atoms with E-state index < -0.39 is 0 Å². The molecule has 0 atom stereocenters. The van der Waals surface area contributed by atoms with Crippen molar-refractivity contribution in [1.29, 1.82) is 0 Å². The highest BCUT2D eigenvalue weighted by Gasteiger charge is 2.22. The summed E-state index contributed by atoms with van der Waals surface area (Å²) in [5.74, 6) is 0. The molecule has 1 aromatic carbocycles. The number of hydrogen-bond donors (Lipinski definition) is 1. The zero-order valence-corrected chi connectivity index (χ0v) is 10.6. The Kier molecular flexibility index (Phi) is 3.50. The molecule has 0 aliphatic heterocycles. The summed E-state index contributed by atoms with van der Waals surface area (Å²) in [7, 11) is 2.06. The highest BCUT2D eigenvalue weighted by atomic mass is 35.5. The molecule has 2 N–H and O–H groups in total. The van der Waals surface area contributed by atoms with Crippen molar-refractivity contribution in [1.82, 2.24) is 0 Å². The van der Waals surface area contributed by atoms with Gasteiger partial charge in [0, 0.05) is 17.6 Å². The molecule has 0 aliphatic carbocycles. The summed E-state index contributed by atoms with van der Waals surface area (Å²) in [5, 5.41) is 0.680. The van der Waals surface area contributed by atoms with Crippen molar-refractivity contribution in [2.24, 2.45) is 0 Å². The first-order valence-electron chi connectivity index (χ1n) is 5.17. The Morgan fingerprint density at radius 2 is 2.00 bits per heavy atom. The molecule has 0 unspecified atom stereocenters. The Morgan fingerprint density at radius 3 is 2.47 bits per heavy atom. The van der Waals surface area contributed by atoms with Crippen molar-refractivity contribution in [3.63, 3.8) is 0 Å². The van der Waals surface area contributed by atoms with Crippen LogP contribution in [0.4, 0.5) is 11.4 Å². The van der Waals surface area contributed by atoms with E-state index in [0.717, 1.165) is 17.8 Å². The molecule has 0 radical (unpaired) electrons. The van der Waals surface area contributed by atoms with Crippen molar-refractivity contribution in [2.45, 2.75) is 32.7 Å². The molecule has 84 valence electrons. The van der Waals surface area contributed by atoms with Crippen molar-refractivity contribution in [2.75, 3.05) is 17.7 Å². The Balaban J connectivity index is 3.06. The summed E-state index contributed by atoms with van der Waals surface area (Å²) >= 11 is 5.87. The maximum absolute atomic E-state index is 5.95. The Labute approximate surface area is 97.0 Å². The lowest BCUT2D eigenvalue weighted by Gasteiger charge is -2.37. The molecule has 0 amide bonds. The van der Waals surface area contributed by atoms with E-state index in [1.165, 1.54) is 0 Å². The maximum atomic E-state index is 5.95. The predicted molar refractivity (Wildman–Crippen MR) is 68.6 cm³/mol. The monoisotopic (exact) mass is 226 g/mol. The number of hydrogen-bond acceptors (Lipinski definition) is 2. The summed E-state index contributed by atoms with van der Waals surface area (Å²) in [4.78, 5) is 2.19. The number of nitrogens with zero attached hydrogens (tertiary/aromatic N) is 1. The maximum Gasteiger partial charge on any atom is 0.0602 e. The molecule has 0 bridgehead atoms. The van der Waals surface area contributed by atoms with Gasteiger partial charge >= 0.3 is 0 Å². The van der Waals surface area contributed by atoms with Crippen LogP contribution in [0.25, 0.3) is 0 Å². The van der Waals surface area contributed by atoms with E-state index in [9.17, 15) is 0 Å². The molecule has 0 fully saturated rings. The van der Waals surface area contributed by atoms with Crippen LogP contribution >= 0.6 is 11.6 Å². The molecule has 0 aromatic heterocycles. The third kappa shape index (κ3) is 2.57. The minimum atomic E-state index is 0.0992. The lowest BCUT2D eigenvalue weighted by molar-refractivity contribution is 0.471. The number of benzene rings is 1. The van der Waals surface area contributed by atoms with Crippen LogP contribution in [0.15, 0.2) is 18.2 Å². The van der Waals surface area contributed by atoms with Crippen molar-refractivity contribution in [3.05, 3.63) is 23.2 Å². The van der Waals surface area contributed by atoms with Crippen LogP contribution in [-0.4, -0.2) is 12.6 Å². The van der Waals surface area contributed by atoms with Gasteiger partial charge in [-0.3, -0.25) is 0 Å². The number of anilines is 2. The molecule has 2 nitrogen and oxygen atoms in total. The third-order valence-electron chi connectivity index (χ3n) is 3.12. The molecule has 1 rings (SSSR count). The zero-order valence-electron chi connectivity index (χ0n) is 9.84. The predicted octanol–water partition coefficient (Wildman–Crippen LogP) is 3.55. The van der Waals surface area contributed by atoms with Gasteiger partial charge in [-0.25, -0.2) is 0 Å². The molecule has 0 saturated heterocycles. The molecule has 0 saturated carbocycles. The lowest BCUT2D eigenvalue weighted by atomic mass is 9.99. The van der Waals surface area contributed by atoms with Gasteiger partial charge in [-0.05, 0) is 38.5 Å². The van der Waals surface area contributed by atoms with Crippen LogP contribution in [0, 0.1) is 0 Å². The highest BCUT2D eigenvalue weighted by molar-refractivity contribution is 6.31. The van der Waals surface area contributed by atoms with Crippen LogP contribution < -0.4 is 10.6 Å². The minimum absolute atomic E-state index is 0.0992. The summed E-state index contributed by atoms with van der Waals surface area (Å²) in [6.07, 6.45) is 1.06. The van der Waals surface area contributed by atoms with E-state index >= 15 is 0 Å². The quantitative estimate of drug-likeness (QED) is 0.799. The summed E-state index contributed by atoms with van der Waals surface area (Å²) < 4.78 is 0. The van der Waals surface area contributed by atoms with Crippen molar-refractivity contribution >= 4 is 23.0 Å². The third-order valence-corrected chi connectivity index (χ3v) is 3.36. The van der Waals surface area contributed by atoms with Crippen LogP contribution in [0.2, 0.25) is 5.02 Å². The number of nitrogen functional groups attached to an aromatic ring is 1. The fraction of sp³-hybridized carbons (Fsp3) is 0.500. The second-order valence-corrected chi connectivity index (χ2v) is 4.86. The first-order valence-corrected chi connectivity index (χ1v) is 5.55. The molecular weight excluding hydrogens is 208 g/mol. The van der Waals surface area contributed by atoms with Crippen LogP contribution in [0.3, 0.4) is 0 Å². The van der Waals surface area contributed by atoms with Gasteiger partial charge in [0.15, 0.2) is 0 Å². The van der Waals surface area contributed by atoms with E-state index in [1.807, 2.05) is 12.1 Å². The van der Waals surface area contributed by atoms with E-state index in [1.54, 1.807) is 6.07 Å².